The molecule has 0 aliphatic carbocycles. The van der Waals surface area contributed by atoms with Crippen LogP contribution in [-0.2, 0) is 7.05 Å². The molecule has 2 aromatic heterocycles. The molecule has 62 heavy (non-hydrogen) atoms. The second-order valence-electron chi connectivity index (χ2n) is 17.3. The summed E-state index contributed by atoms with van der Waals surface area (Å²) in [5.41, 5.74) is 5.19. The fourth-order valence-corrected chi connectivity index (χ4v) is 10.0. The lowest BCUT2D eigenvalue weighted by Crippen LogP contribution is -2.47. The molecule has 5 aliphatic rings. The Labute approximate surface area is 361 Å². The van der Waals surface area contributed by atoms with Gasteiger partial charge in [0.15, 0.2) is 11.6 Å². The van der Waals surface area contributed by atoms with Crippen molar-refractivity contribution < 1.29 is 26.3 Å². The number of hydrogen-bond acceptors (Lipinski definition) is 9. The number of fused-ring (bicyclic) bond motifs is 3. The Kier molecular flexibility index (Phi) is 11.0. The average Bonchev–Trinajstić information content (AvgIpc) is 3.45. The fourth-order valence-electron chi connectivity index (χ4n) is 9.88. The molecule has 3 N–H and O–H groups in total. The molecule has 0 radical (unpaired) electrons. The number of anilines is 4. The first-order valence-electron chi connectivity index (χ1n) is 21.1. The van der Waals surface area contributed by atoms with Crippen LogP contribution >= 0.6 is 11.6 Å². The SMILES string of the molecule is C=C1CCC(c2nn(C)c3c(F)c(C4CCN(CC5CCN(c6ncc(Cl)c(Nc7cc8c(cc7F)N(C)C(=C)C7=C8NCC(F)(F)CC7)n6)CC5F)CC4)c(F)cc23)C(=C)N1. The van der Waals surface area contributed by atoms with Gasteiger partial charge < -0.3 is 30.7 Å². The second-order valence-corrected chi connectivity index (χ2v) is 17.7. The lowest BCUT2D eigenvalue weighted by atomic mass is 9.85. The van der Waals surface area contributed by atoms with Gasteiger partial charge in [-0.1, -0.05) is 31.3 Å². The van der Waals surface area contributed by atoms with Crippen LogP contribution < -0.4 is 25.8 Å². The Bertz CT molecular complexity index is 2530. The first-order chi connectivity index (χ1) is 29.6. The molecule has 0 spiro atoms. The van der Waals surface area contributed by atoms with Gasteiger partial charge in [0.1, 0.15) is 28.3 Å². The molecule has 3 fully saturated rings. The van der Waals surface area contributed by atoms with E-state index in [0.29, 0.717) is 103 Å². The lowest BCUT2D eigenvalue weighted by molar-refractivity contribution is -0.000420. The second kappa shape index (κ2) is 16.2. The maximum Gasteiger partial charge on any atom is 0.265 e. The molecule has 0 bridgehead atoms. The summed E-state index contributed by atoms with van der Waals surface area (Å²) in [6.45, 7) is 13.7. The number of piperidine rings is 3. The van der Waals surface area contributed by atoms with E-state index in [9.17, 15) is 8.78 Å². The zero-order valence-corrected chi connectivity index (χ0v) is 35.5. The van der Waals surface area contributed by atoms with Gasteiger partial charge in [-0.05, 0) is 75.2 Å². The van der Waals surface area contributed by atoms with Gasteiger partial charge in [-0.3, -0.25) is 4.68 Å². The number of aromatic nitrogens is 4. The van der Waals surface area contributed by atoms with E-state index in [1.165, 1.54) is 29.1 Å². The fraction of sp³-hybridized carbons (Fsp3) is 0.444. The summed E-state index contributed by atoms with van der Waals surface area (Å²) < 4.78 is 94.1. The van der Waals surface area contributed by atoms with Crippen LogP contribution in [0.25, 0.3) is 16.6 Å². The van der Waals surface area contributed by atoms with E-state index in [1.54, 1.807) is 23.9 Å². The number of rotatable bonds is 7. The van der Waals surface area contributed by atoms with Crippen LogP contribution in [0.5, 0.6) is 0 Å². The number of likely N-dealkylation sites (tertiary alicyclic amines) is 1. The Morgan fingerprint density at radius 1 is 0.984 bits per heavy atom. The average molecular weight is 879 g/mol. The first-order valence-corrected chi connectivity index (χ1v) is 21.5. The van der Waals surface area contributed by atoms with E-state index < -0.39 is 36.1 Å². The Balaban J connectivity index is 0.840. The van der Waals surface area contributed by atoms with Crippen molar-refractivity contribution in [2.24, 2.45) is 13.0 Å². The van der Waals surface area contributed by atoms with Crippen molar-refractivity contribution in [1.29, 1.82) is 0 Å². The molecule has 10 nitrogen and oxygen atoms in total. The molecule has 9 rings (SSSR count). The van der Waals surface area contributed by atoms with E-state index in [2.05, 4.69) is 55.7 Å². The number of allylic oxidation sites excluding steroid dienone is 3. The van der Waals surface area contributed by atoms with Gasteiger partial charge in [0.2, 0.25) is 5.95 Å². The topological polar surface area (TPSA) is 89.4 Å². The summed E-state index contributed by atoms with van der Waals surface area (Å²) in [5, 5.41) is 14.2. The van der Waals surface area contributed by atoms with Crippen molar-refractivity contribution in [3.8, 4) is 0 Å². The van der Waals surface area contributed by atoms with Crippen molar-refractivity contribution in [2.75, 3.05) is 61.4 Å². The molecule has 2 aromatic carbocycles. The molecule has 3 unspecified atom stereocenters. The van der Waals surface area contributed by atoms with Gasteiger partial charge in [0, 0.05) is 90.8 Å². The summed E-state index contributed by atoms with van der Waals surface area (Å²) in [6.07, 6.45) is 2.91. The van der Waals surface area contributed by atoms with Crippen LogP contribution in [-0.4, -0.2) is 83.1 Å². The van der Waals surface area contributed by atoms with Gasteiger partial charge >= 0.3 is 0 Å². The summed E-state index contributed by atoms with van der Waals surface area (Å²) in [4.78, 5) is 14.5. The molecule has 17 heteroatoms. The summed E-state index contributed by atoms with van der Waals surface area (Å²) in [5.74, 6) is -5.16. The van der Waals surface area contributed by atoms with Crippen LogP contribution in [0.3, 0.4) is 0 Å². The number of likely N-dealkylation sites (N-methyl/N-ethyl adjacent to an activating group) is 1. The Morgan fingerprint density at radius 2 is 1.76 bits per heavy atom. The highest BCUT2D eigenvalue weighted by atomic mass is 35.5. The van der Waals surface area contributed by atoms with Crippen molar-refractivity contribution >= 4 is 51.3 Å². The summed E-state index contributed by atoms with van der Waals surface area (Å²) >= 11 is 6.50. The minimum Gasteiger partial charge on any atom is -0.378 e. The number of nitrogens with one attached hydrogen (secondary N) is 3. The number of nitrogens with zero attached hydrogens (tertiary/aromatic N) is 7. The largest absolute Gasteiger partial charge is 0.378 e. The highest BCUT2D eigenvalue weighted by molar-refractivity contribution is 6.33. The summed E-state index contributed by atoms with van der Waals surface area (Å²) in [6, 6.07) is 4.27. The summed E-state index contributed by atoms with van der Waals surface area (Å²) in [7, 11) is 3.39. The minimum atomic E-state index is -2.92. The highest BCUT2D eigenvalue weighted by Gasteiger charge is 2.38. The molecule has 0 amide bonds. The number of aryl methyl sites for hydroxylation is 1. The first kappa shape index (κ1) is 42.1. The van der Waals surface area contributed by atoms with Crippen LogP contribution in [0.15, 0.2) is 66.8 Å². The third-order valence-electron chi connectivity index (χ3n) is 13.4. The van der Waals surface area contributed by atoms with Crippen molar-refractivity contribution in [3.05, 3.63) is 106 Å². The lowest BCUT2D eigenvalue weighted by Gasteiger charge is -2.39. The molecule has 3 saturated heterocycles. The number of halogens is 7. The molecule has 0 saturated carbocycles. The normalized spacial score (nSPS) is 23.6. The van der Waals surface area contributed by atoms with Crippen molar-refractivity contribution in [3.63, 3.8) is 0 Å². The highest BCUT2D eigenvalue weighted by Crippen LogP contribution is 2.45. The predicted octanol–water partition coefficient (Wildman–Crippen LogP) is 9.41. The number of benzene rings is 2. The van der Waals surface area contributed by atoms with Crippen molar-refractivity contribution in [1.82, 2.24) is 35.3 Å². The van der Waals surface area contributed by atoms with Crippen LogP contribution in [0.2, 0.25) is 5.02 Å². The van der Waals surface area contributed by atoms with Gasteiger partial charge in [0.05, 0.1) is 36.4 Å². The van der Waals surface area contributed by atoms with E-state index >= 15 is 17.6 Å². The molecule has 3 atom stereocenters. The van der Waals surface area contributed by atoms with Gasteiger partial charge in [0.25, 0.3) is 5.92 Å². The van der Waals surface area contributed by atoms with E-state index in [0.717, 1.165) is 5.70 Å². The standard InChI is InChI=1S/C45H49ClF6N10/c1-23-6-7-28(24(2)55-23)41-31-16-34(48)38(39(50)42(31)60(5)58-41)26-9-13-61(14-10-26)20-27-11-15-62(21-35(27)49)44-53-19-32(46)43(57-44)56-36-17-30-37(18-33(36)47)59(4)25(3)29-8-12-45(51,52)22-54-40(29)30/h16-19,26-28,35,54-55H,1-3,6-15,20-22H2,4-5H3,(H,53,56,57). The molecule has 5 aliphatic heterocycles. The van der Waals surface area contributed by atoms with Gasteiger partial charge in [-0.2, -0.15) is 10.1 Å². The predicted molar refractivity (Wildman–Crippen MR) is 231 cm³/mol. The molecule has 7 heterocycles. The molecule has 328 valence electrons. The van der Waals surface area contributed by atoms with Crippen LogP contribution in [0, 0.1) is 23.4 Å². The minimum absolute atomic E-state index is 0.0232. The monoisotopic (exact) mass is 878 g/mol. The van der Waals surface area contributed by atoms with Gasteiger partial charge in [-0.25, -0.2) is 31.3 Å². The maximum atomic E-state index is 16.3. The van der Waals surface area contributed by atoms with E-state index in [4.69, 9.17) is 11.6 Å². The zero-order chi connectivity index (χ0) is 43.8. The van der Waals surface area contributed by atoms with Crippen molar-refractivity contribution in [2.45, 2.75) is 68.9 Å². The molecular weight excluding hydrogens is 830 g/mol. The molecular formula is C45H49ClF6N10. The number of hydrogen-bond donors (Lipinski definition) is 3. The van der Waals surface area contributed by atoms with E-state index in [1.807, 2.05) is 0 Å². The van der Waals surface area contributed by atoms with Gasteiger partial charge in [-0.15, -0.1) is 0 Å². The Morgan fingerprint density at radius 3 is 2.50 bits per heavy atom. The third kappa shape index (κ3) is 7.66. The quantitative estimate of drug-likeness (QED) is 0.157. The van der Waals surface area contributed by atoms with Crippen LogP contribution in [0.4, 0.5) is 49.5 Å². The molecule has 4 aromatic rings. The Hall–Kier alpha value is -5.22. The number of alkyl halides is 3. The smallest absolute Gasteiger partial charge is 0.265 e. The third-order valence-corrected chi connectivity index (χ3v) is 13.7. The van der Waals surface area contributed by atoms with Crippen LogP contribution in [0.1, 0.15) is 73.6 Å². The van der Waals surface area contributed by atoms with E-state index in [-0.39, 0.29) is 70.7 Å². The zero-order valence-electron chi connectivity index (χ0n) is 34.7. The maximum absolute atomic E-state index is 16.3.